The first-order valence-electron chi connectivity index (χ1n) is 6.40. The van der Waals surface area contributed by atoms with E-state index in [4.69, 9.17) is 4.18 Å². The monoisotopic (exact) mass is 320 g/mol. The second-order valence-electron chi connectivity index (χ2n) is 5.00. The van der Waals surface area contributed by atoms with Crippen LogP contribution in [0.2, 0.25) is 0 Å². The van der Waals surface area contributed by atoms with Crippen LogP contribution in [0.1, 0.15) is 30.4 Å². The maximum atomic E-state index is 12.7. The van der Waals surface area contributed by atoms with Gasteiger partial charge in [-0.15, -0.1) is 0 Å². The molecule has 1 aliphatic carbocycles. The molecule has 0 bridgehead atoms. The van der Waals surface area contributed by atoms with E-state index in [1.165, 1.54) is 6.07 Å². The Kier molecular flexibility index (Phi) is 4.43. The Balaban J connectivity index is 2.14. The van der Waals surface area contributed by atoms with Gasteiger partial charge in [0.05, 0.1) is 17.9 Å². The van der Waals surface area contributed by atoms with Gasteiger partial charge in [0.1, 0.15) is 0 Å². The van der Waals surface area contributed by atoms with E-state index in [-0.39, 0.29) is 0 Å². The van der Waals surface area contributed by atoms with E-state index in [0.29, 0.717) is 24.8 Å². The van der Waals surface area contributed by atoms with Crippen molar-refractivity contribution < 1.29 is 25.8 Å². The summed E-state index contributed by atoms with van der Waals surface area (Å²) in [6.07, 6.45) is -0.745. The van der Waals surface area contributed by atoms with Gasteiger partial charge in [-0.1, -0.05) is 18.2 Å². The van der Waals surface area contributed by atoms with Crippen LogP contribution in [-0.4, -0.2) is 20.8 Å². The van der Waals surface area contributed by atoms with E-state index in [1.54, 1.807) is 12.1 Å². The molecule has 0 saturated carbocycles. The molecule has 0 aliphatic heterocycles. The molecular weight excluding hydrogens is 305 g/mol. The first-order chi connectivity index (χ1) is 9.65. The Morgan fingerprint density at radius 1 is 1.29 bits per heavy atom. The molecule has 21 heavy (non-hydrogen) atoms. The highest BCUT2D eigenvalue weighted by Gasteiger charge is 2.30. The molecule has 0 heterocycles. The van der Waals surface area contributed by atoms with Gasteiger partial charge in [-0.05, 0) is 42.5 Å². The molecule has 0 spiro atoms. The van der Waals surface area contributed by atoms with Crippen LogP contribution in [0.5, 0.6) is 0 Å². The first-order valence-corrected chi connectivity index (χ1v) is 8.22. The standard InChI is InChI=1S/C14H15F3O3S/c1-21(18,19)20-13-7-5-10(6-8-13)11-3-2-4-12(9-11)14(15,16)17/h2-5,9,13H,6-8H2,1H3/t13-/m0/s1. The molecule has 7 heteroatoms. The molecule has 1 aromatic carbocycles. The van der Waals surface area contributed by atoms with Gasteiger partial charge >= 0.3 is 6.18 Å². The number of benzene rings is 1. The lowest BCUT2D eigenvalue weighted by molar-refractivity contribution is -0.137. The number of hydrogen-bond donors (Lipinski definition) is 0. The van der Waals surface area contributed by atoms with Gasteiger partial charge in [0, 0.05) is 0 Å². The van der Waals surface area contributed by atoms with Crippen LogP contribution in [0.4, 0.5) is 13.2 Å². The molecule has 0 N–H and O–H groups in total. The Morgan fingerprint density at radius 2 is 2.00 bits per heavy atom. The smallest absolute Gasteiger partial charge is 0.267 e. The quantitative estimate of drug-likeness (QED) is 0.799. The molecule has 0 fully saturated rings. The number of rotatable bonds is 3. The number of hydrogen-bond acceptors (Lipinski definition) is 3. The molecule has 2 rings (SSSR count). The second kappa shape index (κ2) is 5.81. The summed E-state index contributed by atoms with van der Waals surface area (Å²) in [5, 5.41) is 0. The van der Waals surface area contributed by atoms with Gasteiger partial charge in [-0.2, -0.15) is 21.6 Å². The van der Waals surface area contributed by atoms with Crippen molar-refractivity contribution in [1.82, 2.24) is 0 Å². The van der Waals surface area contributed by atoms with E-state index >= 15 is 0 Å². The third-order valence-corrected chi connectivity index (χ3v) is 3.86. The van der Waals surface area contributed by atoms with Gasteiger partial charge in [-0.25, -0.2) is 0 Å². The number of allylic oxidation sites excluding steroid dienone is 1. The molecule has 0 amide bonds. The molecular formula is C14H15F3O3S. The molecule has 1 atom stereocenters. The van der Waals surface area contributed by atoms with E-state index in [2.05, 4.69) is 0 Å². The molecule has 116 valence electrons. The Labute approximate surface area is 121 Å². The fourth-order valence-corrected chi connectivity index (χ4v) is 2.97. The minimum atomic E-state index is -4.37. The van der Waals surface area contributed by atoms with E-state index in [0.717, 1.165) is 24.0 Å². The highest BCUT2D eigenvalue weighted by Crippen LogP contribution is 2.34. The molecule has 3 nitrogen and oxygen atoms in total. The fourth-order valence-electron chi connectivity index (χ4n) is 2.30. The number of alkyl halides is 3. The highest BCUT2D eigenvalue weighted by atomic mass is 32.2. The topological polar surface area (TPSA) is 43.4 Å². The lowest BCUT2D eigenvalue weighted by Gasteiger charge is -2.21. The largest absolute Gasteiger partial charge is 0.416 e. The minimum Gasteiger partial charge on any atom is -0.267 e. The van der Waals surface area contributed by atoms with Crippen molar-refractivity contribution in [1.29, 1.82) is 0 Å². The SMILES string of the molecule is CS(=O)(=O)O[C@H]1CC=C(c2cccc(C(F)(F)F)c2)CC1. The van der Waals surface area contributed by atoms with Crippen molar-refractivity contribution in [2.24, 2.45) is 0 Å². The van der Waals surface area contributed by atoms with Crippen molar-refractivity contribution in [2.75, 3.05) is 6.26 Å². The van der Waals surface area contributed by atoms with Crippen molar-refractivity contribution in [2.45, 2.75) is 31.5 Å². The highest BCUT2D eigenvalue weighted by molar-refractivity contribution is 7.86. The van der Waals surface area contributed by atoms with Crippen LogP contribution in [0.25, 0.3) is 5.57 Å². The molecule has 0 aromatic heterocycles. The van der Waals surface area contributed by atoms with Crippen molar-refractivity contribution in [3.8, 4) is 0 Å². The zero-order chi connectivity index (χ0) is 15.7. The Bertz CT molecular complexity index is 648. The lowest BCUT2D eigenvalue weighted by Crippen LogP contribution is -2.19. The summed E-state index contributed by atoms with van der Waals surface area (Å²) in [5.74, 6) is 0. The van der Waals surface area contributed by atoms with Crippen molar-refractivity contribution >= 4 is 15.7 Å². The van der Waals surface area contributed by atoms with Crippen LogP contribution >= 0.6 is 0 Å². The molecule has 0 unspecified atom stereocenters. The van der Waals surface area contributed by atoms with Gasteiger partial charge in [0.15, 0.2) is 0 Å². The average Bonchev–Trinajstić information content (AvgIpc) is 2.37. The second-order valence-corrected chi connectivity index (χ2v) is 6.61. The average molecular weight is 320 g/mol. The van der Waals surface area contributed by atoms with Crippen molar-refractivity contribution in [3.05, 3.63) is 41.5 Å². The van der Waals surface area contributed by atoms with Crippen LogP contribution < -0.4 is 0 Å². The summed E-state index contributed by atoms with van der Waals surface area (Å²) >= 11 is 0. The maximum absolute atomic E-state index is 12.7. The van der Waals surface area contributed by atoms with Crippen LogP contribution in [0, 0.1) is 0 Å². The van der Waals surface area contributed by atoms with E-state index < -0.39 is 28.0 Å². The minimum absolute atomic E-state index is 0.374. The predicted molar refractivity (Wildman–Crippen MR) is 73.0 cm³/mol. The molecule has 0 saturated heterocycles. The summed E-state index contributed by atoms with van der Waals surface area (Å²) < 4.78 is 65.0. The third-order valence-electron chi connectivity index (χ3n) is 3.23. The summed E-state index contributed by atoms with van der Waals surface area (Å²) in [5.41, 5.74) is 0.618. The Morgan fingerprint density at radius 3 is 2.52 bits per heavy atom. The lowest BCUT2D eigenvalue weighted by atomic mass is 9.91. The summed E-state index contributed by atoms with van der Waals surface area (Å²) in [6, 6.07) is 5.14. The third kappa shape index (κ3) is 4.57. The van der Waals surface area contributed by atoms with Gasteiger partial charge in [-0.3, -0.25) is 4.18 Å². The summed E-state index contributed by atoms with van der Waals surface area (Å²) in [4.78, 5) is 0. The van der Waals surface area contributed by atoms with Crippen LogP contribution in [-0.2, 0) is 20.5 Å². The Hall–Kier alpha value is -1.34. The fraction of sp³-hybridized carbons (Fsp3) is 0.429. The first kappa shape index (κ1) is 16.0. The zero-order valence-corrected chi connectivity index (χ0v) is 12.2. The summed E-state index contributed by atoms with van der Waals surface area (Å²) in [6.45, 7) is 0. The molecule has 0 radical (unpaired) electrons. The number of halogens is 3. The zero-order valence-electron chi connectivity index (χ0n) is 11.4. The van der Waals surface area contributed by atoms with E-state index in [9.17, 15) is 21.6 Å². The van der Waals surface area contributed by atoms with E-state index in [1.807, 2.05) is 0 Å². The van der Waals surface area contributed by atoms with Crippen LogP contribution in [0.15, 0.2) is 30.3 Å². The summed E-state index contributed by atoms with van der Waals surface area (Å²) in [7, 11) is -3.51. The van der Waals surface area contributed by atoms with Gasteiger partial charge < -0.3 is 0 Å². The maximum Gasteiger partial charge on any atom is 0.416 e. The van der Waals surface area contributed by atoms with Gasteiger partial charge in [0.25, 0.3) is 10.1 Å². The van der Waals surface area contributed by atoms with Gasteiger partial charge in [0.2, 0.25) is 0 Å². The normalized spacial score (nSPS) is 20.2. The molecule has 1 aromatic rings. The van der Waals surface area contributed by atoms with Crippen LogP contribution in [0.3, 0.4) is 0 Å². The van der Waals surface area contributed by atoms with Crippen molar-refractivity contribution in [3.63, 3.8) is 0 Å². The predicted octanol–water partition coefficient (Wildman–Crippen LogP) is 3.62. The molecule has 1 aliphatic rings.